The Morgan fingerprint density at radius 2 is 1.38 bits per heavy atom. The van der Waals surface area contributed by atoms with Crippen molar-refractivity contribution in [3.05, 3.63) is 65.2 Å². The van der Waals surface area contributed by atoms with Crippen molar-refractivity contribution in [3.8, 4) is 5.75 Å². The van der Waals surface area contributed by atoms with Crippen molar-refractivity contribution in [2.75, 3.05) is 19.7 Å². The second-order valence-electron chi connectivity index (χ2n) is 8.85. The topological polar surface area (TPSA) is 53.0 Å². The first-order chi connectivity index (χ1) is 16.0. The van der Waals surface area contributed by atoms with Crippen LogP contribution in [0, 0.1) is 0 Å². The van der Waals surface area contributed by atoms with E-state index >= 15 is 0 Å². The zero-order valence-electron chi connectivity index (χ0n) is 18.3. The Kier molecular flexibility index (Phi) is 6.82. The summed E-state index contributed by atoms with van der Waals surface area (Å²) in [6, 6.07) is 14.5. The van der Waals surface area contributed by atoms with Crippen LogP contribution in [0.2, 0.25) is 0 Å². The summed E-state index contributed by atoms with van der Waals surface area (Å²) in [4.78, 5) is 15.8. The van der Waals surface area contributed by atoms with Crippen LogP contribution >= 0.6 is 0 Å². The average Bonchev–Trinajstić information content (AvgIpc) is 3.34. The Morgan fingerprint density at radius 1 is 0.882 bits per heavy atom. The highest BCUT2D eigenvalue weighted by molar-refractivity contribution is 5.87. The maximum absolute atomic E-state index is 13.0. The molecule has 0 amide bonds. The van der Waals surface area contributed by atoms with E-state index in [2.05, 4.69) is 9.80 Å². The van der Waals surface area contributed by atoms with Crippen LogP contribution in [0.3, 0.4) is 0 Å². The first-order valence-corrected chi connectivity index (χ1v) is 11.0. The van der Waals surface area contributed by atoms with Gasteiger partial charge >= 0.3 is 18.1 Å². The molecule has 2 aliphatic heterocycles. The molecule has 184 valence electrons. The first-order valence-electron chi connectivity index (χ1n) is 11.0. The fourth-order valence-electron chi connectivity index (χ4n) is 4.57. The highest BCUT2D eigenvalue weighted by Gasteiger charge is 2.56. The highest BCUT2D eigenvalue weighted by Crippen LogP contribution is 2.38. The van der Waals surface area contributed by atoms with Gasteiger partial charge in [-0.3, -0.25) is 9.80 Å². The number of fused-ring (bicyclic) bond motifs is 2. The van der Waals surface area contributed by atoms with Crippen LogP contribution in [0.1, 0.15) is 34.3 Å². The van der Waals surface area contributed by atoms with Crippen LogP contribution in [-0.2, 0) is 13.1 Å². The maximum Gasteiger partial charge on any atom is 0.453 e. The molecule has 1 N–H and O–H groups in total. The second-order valence-corrected chi connectivity index (χ2v) is 8.85. The number of rotatable bonds is 9. The average molecular weight is 484 g/mol. The molecule has 0 aromatic heterocycles. The minimum atomic E-state index is -5.57. The van der Waals surface area contributed by atoms with Gasteiger partial charge in [-0.05, 0) is 41.8 Å². The molecule has 0 aliphatic carbocycles. The number of carboxylic acids is 1. The predicted octanol–water partition coefficient (Wildman–Crippen LogP) is 4.81. The van der Waals surface area contributed by atoms with Gasteiger partial charge in [-0.1, -0.05) is 24.3 Å². The van der Waals surface area contributed by atoms with E-state index in [1.807, 2.05) is 12.1 Å². The van der Waals surface area contributed by atoms with E-state index in [0.717, 1.165) is 43.7 Å². The number of piperazine rings is 1. The van der Waals surface area contributed by atoms with Crippen molar-refractivity contribution in [1.82, 2.24) is 9.80 Å². The normalized spacial score (nSPS) is 21.2. The van der Waals surface area contributed by atoms with E-state index in [1.165, 1.54) is 0 Å². The van der Waals surface area contributed by atoms with Gasteiger partial charge in [-0.2, -0.15) is 22.0 Å². The third-order valence-electron chi connectivity index (χ3n) is 6.46. The number of hydrogen-bond donors (Lipinski definition) is 1. The molecular weight excluding hydrogens is 459 g/mol. The molecule has 0 spiro atoms. The molecule has 4 rings (SSSR count). The van der Waals surface area contributed by atoms with Gasteiger partial charge in [-0.15, -0.1) is 0 Å². The number of likely N-dealkylation sites (tertiary alicyclic amines) is 2. The first kappa shape index (κ1) is 24.4. The molecule has 0 radical (unpaired) electrons. The van der Waals surface area contributed by atoms with Gasteiger partial charge in [-0.25, -0.2) is 4.79 Å². The minimum Gasteiger partial charge on any atom is -0.493 e. The molecule has 0 unspecified atom stereocenters. The standard InChI is InChI=1S/C24H25F5N2O3/c25-23(26,24(27,28)29)9-10-34-21-7-3-17(4-8-21)13-31-15-19-11-20(31)14-30(19)12-16-1-5-18(6-2-16)22(32)33/h1-8,19-20H,9-15H2,(H,32,33)/t19-,20-/m0/s1. The largest absolute Gasteiger partial charge is 0.493 e. The van der Waals surface area contributed by atoms with E-state index in [9.17, 15) is 26.7 Å². The fraction of sp³-hybridized carbons (Fsp3) is 0.458. The van der Waals surface area contributed by atoms with Gasteiger partial charge in [0.2, 0.25) is 0 Å². The molecule has 2 aliphatic rings. The Labute approximate surface area is 193 Å². The summed E-state index contributed by atoms with van der Waals surface area (Å²) in [6.07, 6.45) is -5.94. The lowest BCUT2D eigenvalue weighted by atomic mass is 10.1. The van der Waals surface area contributed by atoms with E-state index in [1.54, 1.807) is 36.4 Å². The summed E-state index contributed by atoms with van der Waals surface area (Å²) in [5.74, 6) is -5.45. The number of aromatic carboxylic acids is 1. The summed E-state index contributed by atoms with van der Waals surface area (Å²) < 4.78 is 67.6. The summed E-state index contributed by atoms with van der Waals surface area (Å²) in [5.41, 5.74) is 2.36. The molecule has 2 fully saturated rings. The number of carboxylic acid groups (broad SMARTS) is 1. The van der Waals surface area contributed by atoms with Crippen molar-refractivity contribution >= 4 is 5.97 Å². The van der Waals surface area contributed by atoms with Crippen molar-refractivity contribution in [3.63, 3.8) is 0 Å². The molecule has 2 aromatic rings. The lowest BCUT2D eigenvalue weighted by Crippen LogP contribution is -2.45. The van der Waals surface area contributed by atoms with Gasteiger partial charge in [0.05, 0.1) is 18.6 Å². The van der Waals surface area contributed by atoms with E-state index < -0.39 is 31.1 Å². The van der Waals surface area contributed by atoms with Crippen molar-refractivity contribution in [1.29, 1.82) is 0 Å². The molecule has 10 heteroatoms. The number of carbonyl (C=O) groups is 1. The summed E-state index contributed by atoms with van der Waals surface area (Å²) in [5, 5.41) is 9.02. The highest BCUT2D eigenvalue weighted by atomic mass is 19.4. The van der Waals surface area contributed by atoms with Crippen LogP contribution in [0.4, 0.5) is 22.0 Å². The SMILES string of the molecule is O=C(O)c1ccc(CN2C[C@@H]3C[C@H]2CN3Cc2ccc(OCCC(F)(F)C(F)(F)F)cc2)cc1. The molecular formula is C24H25F5N2O3. The third-order valence-corrected chi connectivity index (χ3v) is 6.46. The molecule has 2 saturated heterocycles. The van der Waals surface area contributed by atoms with Crippen LogP contribution in [0.25, 0.3) is 0 Å². The van der Waals surface area contributed by atoms with Gasteiger partial charge in [0, 0.05) is 38.3 Å². The molecule has 2 aromatic carbocycles. The summed E-state index contributed by atoms with van der Waals surface area (Å²) >= 11 is 0. The van der Waals surface area contributed by atoms with Crippen LogP contribution in [-0.4, -0.2) is 64.8 Å². The van der Waals surface area contributed by atoms with Gasteiger partial charge in [0.15, 0.2) is 0 Å². The second kappa shape index (κ2) is 9.50. The maximum atomic E-state index is 13.0. The van der Waals surface area contributed by atoms with Crippen LogP contribution in [0.5, 0.6) is 5.75 Å². The van der Waals surface area contributed by atoms with Crippen molar-refractivity contribution in [2.45, 2.75) is 50.1 Å². The monoisotopic (exact) mass is 484 g/mol. The quantitative estimate of drug-likeness (QED) is 0.518. The Morgan fingerprint density at radius 3 is 1.82 bits per heavy atom. The number of nitrogens with zero attached hydrogens (tertiary/aromatic N) is 2. The Balaban J connectivity index is 1.23. The molecule has 2 heterocycles. The molecule has 2 bridgehead atoms. The van der Waals surface area contributed by atoms with Gasteiger partial charge in [0.1, 0.15) is 5.75 Å². The van der Waals surface area contributed by atoms with E-state index in [0.29, 0.717) is 12.1 Å². The minimum absolute atomic E-state index is 0.254. The van der Waals surface area contributed by atoms with E-state index in [-0.39, 0.29) is 11.3 Å². The Hall–Kier alpha value is -2.72. The molecule has 5 nitrogen and oxygen atoms in total. The van der Waals surface area contributed by atoms with Crippen molar-refractivity contribution in [2.24, 2.45) is 0 Å². The van der Waals surface area contributed by atoms with E-state index in [4.69, 9.17) is 9.84 Å². The molecule has 34 heavy (non-hydrogen) atoms. The molecule has 0 saturated carbocycles. The fourth-order valence-corrected chi connectivity index (χ4v) is 4.57. The zero-order valence-corrected chi connectivity index (χ0v) is 18.3. The predicted molar refractivity (Wildman–Crippen MR) is 114 cm³/mol. The number of halogens is 5. The summed E-state index contributed by atoms with van der Waals surface area (Å²) in [6.45, 7) is 2.59. The zero-order chi connectivity index (χ0) is 24.5. The van der Waals surface area contributed by atoms with Gasteiger partial charge < -0.3 is 9.84 Å². The Bertz CT molecular complexity index is 995. The smallest absolute Gasteiger partial charge is 0.453 e. The van der Waals surface area contributed by atoms with Gasteiger partial charge in [0.25, 0.3) is 0 Å². The number of benzene rings is 2. The molecule has 2 atom stereocenters. The number of alkyl halides is 5. The lowest BCUT2D eigenvalue weighted by Gasteiger charge is -2.34. The summed E-state index contributed by atoms with van der Waals surface area (Å²) in [7, 11) is 0. The van der Waals surface area contributed by atoms with Crippen molar-refractivity contribution < 1.29 is 36.6 Å². The lowest BCUT2D eigenvalue weighted by molar-refractivity contribution is -0.285. The third kappa shape index (κ3) is 5.50. The van der Waals surface area contributed by atoms with Crippen LogP contribution in [0.15, 0.2) is 48.5 Å². The number of ether oxygens (including phenoxy) is 1. The number of hydrogen-bond acceptors (Lipinski definition) is 4. The van der Waals surface area contributed by atoms with Crippen LogP contribution < -0.4 is 4.74 Å².